The zero-order chi connectivity index (χ0) is 16.5. The van der Waals surface area contributed by atoms with Crippen LogP contribution in [0.4, 0.5) is 5.69 Å². The number of ether oxygens (including phenoxy) is 2. The minimum Gasteiger partial charge on any atom is -0.491 e. The Hall–Kier alpha value is -2.53. The van der Waals surface area contributed by atoms with Crippen LogP contribution in [0.2, 0.25) is 0 Å². The highest BCUT2D eigenvalue weighted by Gasteiger charge is 2.06. The summed E-state index contributed by atoms with van der Waals surface area (Å²) < 4.78 is 10.2. The molecule has 122 valence electrons. The Balaban J connectivity index is 1.73. The molecule has 0 heterocycles. The van der Waals surface area contributed by atoms with Crippen LogP contribution in [0.3, 0.4) is 0 Å². The summed E-state index contributed by atoms with van der Waals surface area (Å²) in [4.78, 5) is 11.2. The summed E-state index contributed by atoms with van der Waals surface area (Å²) in [7, 11) is 1.37. The fraction of sp³-hybridized carbons (Fsp3) is 0.278. The number of anilines is 1. The Kier molecular flexibility index (Phi) is 6.44. The Morgan fingerprint density at radius 3 is 2.48 bits per heavy atom. The fourth-order valence-electron chi connectivity index (χ4n) is 1.99. The van der Waals surface area contributed by atoms with Crippen LogP contribution < -0.4 is 10.1 Å². The van der Waals surface area contributed by atoms with Gasteiger partial charge in [-0.15, -0.1) is 0 Å². The molecule has 0 aliphatic heterocycles. The molecule has 5 heteroatoms. The van der Waals surface area contributed by atoms with Crippen molar-refractivity contribution in [2.45, 2.75) is 12.5 Å². The average Bonchev–Trinajstić information content (AvgIpc) is 2.60. The summed E-state index contributed by atoms with van der Waals surface area (Å²) in [5.41, 5.74) is 1.81. The molecule has 23 heavy (non-hydrogen) atoms. The lowest BCUT2D eigenvalue weighted by Gasteiger charge is -2.14. The maximum atomic E-state index is 11.2. The molecule has 1 unspecified atom stereocenters. The third-order valence-corrected chi connectivity index (χ3v) is 3.26. The van der Waals surface area contributed by atoms with Crippen LogP contribution in [0.25, 0.3) is 0 Å². The molecule has 2 rings (SSSR count). The summed E-state index contributed by atoms with van der Waals surface area (Å²) in [5.74, 6) is 0.374. The second kappa shape index (κ2) is 8.80. The maximum absolute atomic E-state index is 11.2. The zero-order valence-electron chi connectivity index (χ0n) is 13.1. The first kappa shape index (κ1) is 16.8. The molecule has 0 aliphatic rings. The van der Waals surface area contributed by atoms with Crippen molar-refractivity contribution in [2.75, 3.05) is 25.6 Å². The number of aliphatic hydroxyl groups excluding tert-OH is 1. The molecular weight excluding hydrogens is 294 g/mol. The van der Waals surface area contributed by atoms with E-state index < -0.39 is 6.10 Å². The zero-order valence-corrected chi connectivity index (χ0v) is 13.1. The second-order valence-corrected chi connectivity index (χ2v) is 5.11. The van der Waals surface area contributed by atoms with Gasteiger partial charge in [-0.1, -0.05) is 30.3 Å². The third kappa shape index (κ3) is 6.00. The number of benzene rings is 2. The standard InChI is InChI=1S/C18H21NO4/c1-22-18(21)11-14-7-9-17(10-8-14)23-13-16(20)12-19-15-5-3-2-4-6-15/h2-10,16,19-20H,11-13H2,1H3. The van der Waals surface area contributed by atoms with Crippen molar-refractivity contribution in [3.63, 3.8) is 0 Å². The van der Waals surface area contributed by atoms with E-state index >= 15 is 0 Å². The SMILES string of the molecule is COC(=O)Cc1ccc(OCC(O)CNc2ccccc2)cc1. The van der Waals surface area contributed by atoms with Crippen LogP contribution in [0.1, 0.15) is 5.56 Å². The van der Waals surface area contributed by atoms with Crippen LogP contribution in [-0.2, 0) is 16.0 Å². The lowest BCUT2D eigenvalue weighted by atomic mass is 10.1. The lowest BCUT2D eigenvalue weighted by Crippen LogP contribution is -2.26. The van der Waals surface area contributed by atoms with Gasteiger partial charge in [-0.3, -0.25) is 4.79 Å². The first-order valence-corrected chi connectivity index (χ1v) is 7.43. The van der Waals surface area contributed by atoms with E-state index in [0.717, 1.165) is 11.3 Å². The van der Waals surface area contributed by atoms with Gasteiger partial charge in [0.2, 0.25) is 0 Å². The molecule has 0 spiro atoms. The smallest absolute Gasteiger partial charge is 0.309 e. The fourth-order valence-corrected chi connectivity index (χ4v) is 1.99. The van der Waals surface area contributed by atoms with Crippen molar-refractivity contribution in [2.24, 2.45) is 0 Å². The van der Waals surface area contributed by atoms with Crippen molar-refractivity contribution < 1.29 is 19.4 Å². The Morgan fingerprint density at radius 2 is 1.83 bits per heavy atom. The summed E-state index contributed by atoms with van der Waals surface area (Å²) in [6, 6.07) is 16.8. The molecule has 0 aromatic heterocycles. The van der Waals surface area contributed by atoms with Gasteiger partial charge in [0.15, 0.2) is 0 Å². The highest BCUT2D eigenvalue weighted by molar-refractivity contribution is 5.72. The van der Waals surface area contributed by atoms with Crippen LogP contribution in [0.5, 0.6) is 5.75 Å². The number of methoxy groups -OCH3 is 1. The van der Waals surface area contributed by atoms with Gasteiger partial charge in [0.25, 0.3) is 0 Å². The maximum Gasteiger partial charge on any atom is 0.309 e. The van der Waals surface area contributed by atoms with Crippen molar-refractivity contribution in [1.82, 2.24) is 0 Å². The van der Waals surface area contributed by atoms with E-state index in [0.29, 0.717) is 12.3 Å². The Morgan fingerprint density at radius 1 is 1.13 bits per heavy atom. The molecule has 0 amide bonds. The molecule has 2 aromatic carbocycles. The van der Waals surface area contributed by atoms with Crippen LogP contribution in [0.15, 0.2) is 54.6 Å². The van der Waals surface area contributed by atoms with E-state index in [1.165, 1.54) is 7.11 Å². The molecular formula is C18H21NO4. The number of carbonyl (C=O) groups excluding carboxylic acids is 1. The first-order chi connectivity index (χ1) is 11.2. The van der Waals surface area contributed by atoms with Gasteiger partial charge in [0, 0.05) is 12.2 Å². The molecule has 5 nitrogen and oxygen atoms in total. The molecule has 0 bridgehead atoms. The normalized spacial score (nSPS) is 11.6. The minimum absolute atomic E-state index is 0.191. The number of rotatable bonds is 8. The number of aliphatic hydroxyl groups is 1. The van der Waals surface area contributed by atoms with E-state index in [-0.39, 0.29) is 19.0 Å². The summed E-state index contributed by atoms with van der Waals surface area (Å²) in [6.45, 7) is 0.598. The summed E-state index contributed by atoms with van der Waals surface area (Å²) in [5, 5.41) is 13.1. The minimum atomic E-state index is -0.620. The highest BCUT2D eigenvalue weighted by atomic mass is 16.5. The monoisotopic (exact) mass is 315 g/mol. The Bertz CT molecular complexity index is 598. The number of carbonyl (C=O) groups is 1. The quantitative estimate of drug-likeness (QED) is 0.731. The summed E-state index contributed by atoms with van der Waals surface area (Å²) in [6.07, 6.45) is -0.384. The van der Waals surface area contributed by atoms with Gasteiger partial charge in [0.1, 0.15) is 18.5 Å². The first-order valence-electron chi connectivity index (χ1n) is 7.43. The van der Waals surface area contributed by atoms with E-state index in [9.17, 15) is 9.90 Å². The van der Waals surface area contributed by atoms with Gasteiger partial charge < -0.3 is 19.9 Å². The number of para-hydroxylation sites is 1. The average molecular weight is 315 g/mol. The van der Waals surface area contributed by atoms with Crippen LogP contribution in [0, 0.1) is 0 Å². The van der Waals surface area contributed by atoms with Crippen LogP contribution in [-0.4, -0.2) is 37.4 Å². The molecule has 1 atom stereocenters. The largest absolute Gasteiger partial charge is 0.491 e. The number of hydrogen-bond acceptors (Lipinski definition) is 5. The molecule has 0 saturated carbocycles. The highest BCUT2D eigenvalue weighted by Crippen LogP contribution is 2.13. The van der Waals surface area contributed by atoms with Crippen molar-refractivity contribution >= 4 is 11.7 Å². The van der Waals surface area contributed by atoms with Gasteiger partial charge in [-0.25, -0.2) is 0 Å². The van der Waals surface area contributed by atoms with Gasteiger partial charge in [-0.05, 0) is 29.8 Å². The molecule has 0 fully saturated rings. The predicted octanol–water partition coefficient (Wildman–Crippen LogP) is 2.25. The number of hydrogen-bond donors (Lipinski definition) is 2. The van der Waals surface area contributed by atoms with Crippen LogP contribution >= 0.6 is 0 Å². The Labute approximate surface area is 135 Å². The number of esters is 1. The van der Waals surface area contributed by atoms with E-state index in [1.807, 2.05) is 30.3 Å². The lowest BCUT2D eigenvalue weighted by molar-refractivity contribution is -0.139. The molecule has 0 radical (unpaired) electrons. The topological polar surface area (TPSA) is 67.8 Å². The van der Waals surface area contributed by atoms with Gasteiger partial charge >= 0.3 is 5.97 Å². The third-order valence-electron chi connectivity index (χ3n) is 3.26. The van der Waals surface area contributed by atoms with E-state index in [4.69, 9.17) is 4.74 Å². The predicted molar refractivity (Wildman–Crippen MR) is 88.6 cm³/mol. The van der Waals surface area contributed by atoms with Crippen molar-refractivity contribution in [1.29, 1.82) is 0 Å². The number of nitrogens with one attached hydrogen (secondary N) is 1. The molecule has 0 saturated heterocycles. The van der Waals surface area contributed by atoms with E-state index in [2.05, 4.69) is 10.1 Å². The van der Waals surface area contributed by atoms with Gasteiger partial charge in [-0.2, -0.15) is 0 Å². The molecule has 2 aromatic rings. The van der Waals surface area contributed by atoms with Gasteiger partial charge in [0.05, 0.1) is 13.5 Å². The van der Waals surface area contributed by atoms with Crippen molar-refractivity contribution in [3.8, 4) is 5.75 Å². The van der Waals surface area contributed by atoms with E-state index in [1.54, 1.807) is 24.3 Å². The molecule has 0 aliphatic carbocycles. The summed E-state index contributed by atoms with van der Waals surface area (Å²) >= 11 is 0. The second-order valence-electron chi connectivity index (χ2n) is 5.11. The van der Waals surface area contributed by atoms with Crippen molar-refractivity contribution in [3.05, 3.63) is 60.2 Å². The molecule has 2 N–H and O–H groups in total.